The van der Waals surface area contributed by atoms with Crippen molar-refractivity contribution >= 4 is 55.8 Å². The summed E-state index contributed by atoms with van der Waals surface area (Å²) in [6, 6.07) is 0. The Balaban J connectivity index is -0.000000262. The lowest BCUT2D eigenvalue weighted by Gasteiger charge is -1.95. The molecule has 3 rings (SSSR count). The zero-order chi connectivity index (χ0) is 41.6. The molecule has 29 heteroatoms. The van der Waals surface area contributed by atoms with E-state index < -0.39 is 69.1 Å². The van der Waals surface area contributed by atoms with Gasteiger partial charge in [-0.15, -0.1) is 0 Å². The second-order valence-electron chi connectivity index (χ2n) is 8.80. The van der Waals surface area contributed by atoms with Gasteiger partial charge in [0.15, 0.2) is 0 Å². The van der Waals surface area contributed by atoms with Gasteiger partial charge in [0.1, 0.15) is 0 Å². The molecule has 3 heterocycles. The van der Waals surface area contributed by atoms with E-state index in [-0.39, 0.29) is 31.0 Å². The van der Waals surface area contributed by atoms with Crippen LogP contribution in [-0.2, 0) is 14.4 Å². The predicted molar refractivity (Wildman–Crippen MR) is 191 cm³/mol. The van der Waals surface area contributed by atoms with Crippen molar-refractivity contribution in [2.75, 3.05) is 30.5 Å². The first-order valence-corrected chi connectivity index (χ1v) is 15.4. The van der Waals surface area contributed by atoms with E-state index in [1.54, 1.807) is 65.6 Å². The molecule has 26 nitrogen and oxygen atoms in total. The smallest absolute Gasteiger partial charge is 0.330 e. The maximum Gasteiger partial charge on any atom is 0.330 e. The molecule has 0 fully saturated rings. The number of rotatable bonds is 7. The fourth-order valence-electron chi connectivity index (χ4n) is 1.44. The Morgan fingerprint density at radius 2 is 0.519 bits per heavy atom. The van der Waals surface area contributed by atoms with Crippen LogP contribution in [0.25, 0.3) is 0 Å². The number of hydrogen-bond donors (Lipinski definition) is 17. The van der Waals surface area contributed by atoms with Gasteiger partial charge < -0.3 is 25.5 Å². The van der Waals surface area contributed by atoms with Crippen LogP contribution in [0.2, 0.25) is 0 Å². The Kier molecular flexibility index (Phi) is 32.4. The molecule has 0 saturated carbocycles. The highest BCUT2D eigenvalue weighted by atomic mass is 32.1. The Hall–Kier alpha value is -5.39. The predicted octanol–water partition coefficient (Wildman–Crippen LogP) is -5.86. The number of nitrogens with one attached hydrogen (secondary N) is 9. The second kappa shape index (κ2) is 31.6. The molecule has 3 aromatic heterocycles. The van der Waals surface area contributed by atoms with Crippen LogP contribution < -0.4 is 51.2 Å². The van der Waals surface area contributed by atoms with Crippen LogP contribution in [0.1, 0.15) is 20.8 Å². The SMILES string of the molecule is CC(CS)C(=O)O.CC(CS)C(=O)O.CC(CS)C(=O)O.O=c1[nH]c(=O)[nH]c(=O)[nH]1.O=c1[nH]c(=O)[nH]c(=O)[nH]1.O=c1[nH]c(=O)[nH]c(=O)[nH]1.OCCO. The van der Waals surface area contributed by atoms with Crippen LogP contribution >= 0.6 is 37.9 Å². The third kappa shape index (κ3) is 34.5. The Labute approximate surface area is 303 Å². The van der Waals surface area contributed by atoms with Crippen LogP contribution in [0.3, 0.4) is 0 Å². The maximum atomic E-state index is 10.2. The number of aliphatic carboxylic acids is 3. The summed E-state index contributed by atoms with van der Waals surface area (Å²) in [5.41, 5.74) is -7.22. The van der Waals surface area contributed by atoms with E-state index in [0.717, 1.165) is 0 Å². The number of carboxylic acid groups (broad SMARTS) is 3. The van der Waals surface area contributed by atoms with Gasteiger partial charge >= 0.3 is 69.1 Å². The minimum Gasteiger partial charge on any atom is -0.481 e. The summed E-state index contributed by atoms with van der Waals surface area (Å²) in [6.45, 7) is 4.61. The Morgan fingerprint density at radius 3 is 0.558 bits per heavy atom. The average molecular weight is 810 g/mol. The number of H-pyrrole nitrogens is 9. The van der Waals surface area contributed by atoms with Gasteiger partial charge in [-0.3, -0.25) is 59.2 Å². The van der Waals surface area contributed by atoms with Gasteiger partial charge in [0.25, 0.3) is 0 Å². The van der Waals surface area contributed by atoms with Gasteiger partial charge in [0.05, 0.1) is 31.0 Å². The number of hydrogen-bond acceptors (Lipinski definition) is 17. The summed E-state index contributed by atoms with van der Waals surface area (Å²) >= 11 is 11.3. The molecular formula is C23H39N9O17S3. The highest BCUT2D eigenvalue weighted by Crippen LogP contribution is 1.96. The highest BCUT2D eigenvalue weighted by Gasteiger charge is 2.07. The van der Waals surface area contributed by atoms with Crippen molar-refractivity contribution in [2.24, 2.45) is 17.8 Å². The number of aromatic amines is 9. The molecule has 3 atom stereocenters. The lowest BCUT2D eigenvalue weighted by atomic mass is 10.2. The third-order valence-corrected chi connectivity index (χ3v) is 5.87. The lowest BCUT2D eigenvalue weighted by molar-refractivity contribution is -0.141. The molecule has 0 radical (unpaired) electrons. The monoisotopic (exact) mass is 809 g/mol. The Bertz CT molecular complexity index is 1530. The summed E-state index contributed by atoms with van der Waals surface area (Å²) in [4.78, 5) is 137. The molecule has 0 amide bonds. The van der Waals surface area contributed by atoms with Gasteiger partial charge in [0.2, 0.25) is 0 Å². The molecule has 3 unspecified atom stereocenters. The molecule has 0 aromatic carbocycles. The number of carbonyl (C=O) groups is 3. The molecule has 0 bridgehead atoms. The van der Waals surface area contributed by atoms with Gasteiger partial charge in [-0.2, -0.15) is 37.9 Å². The highest BCUT2D eigenvalue weighted by molar-refractivity contribution is 7.80. The van der Waals surface area contributed by atoms with Crippen LogP contribution in [0.15, 0.2) is 43.2 Å². The van der Waals surface area contributed by atoms with Crippen LogP contribution in [0, 0.1) is 17.8 Å². The zero-order valence-corrected chi connectivity index (χ0v) is 29.9. The number of carboxylic acids is 3. The van der Waals surface area contributed by atoms with E-state index in [1.165, 1.54) is 0 Å². The van der Waals surface area contributed by atoms with E-state index >= 15 is 0 Å². The Morgan fingerprint density at radius 1 is 0.404 bits per heavy atom. The molecule has 52 heavy (non-hydrogen) atoms. The standard InChI is InChI=1S/3C4H8O2S.3C3H3N3O3.C2H6O2/c3*1-3(2-7)4(5)6;3*7-1-4-2(8)6-3(9)5-1;3-1-2-4/h3*3,7H,2H2,1H3,(H,5,6);3*(H3,4,5,6,7,8,9);3-4H,1-2H2. The van der Waals surface area contributed by atoms with E-state index in [4.69, 9.17) is 25.5 Å². The third-order valence-electron chi connectivity index (χ3n) is 4.23. The average Bonchev–Trinajstić information content (AvgIpc) is 3.03. The molecule has 0 spiro atoms. The van der Waals surface area contributed by atoms with Gasteiger partial charge in [-0.1, -0.05) is 20.8 Å². The summed E-state index contributed by atoms with van der Waals surface area (Å²) in [5, 5.41) is 39.6. The van der Waals surface area contributed by atoms with Gasteiger partial charge in [-0.05, 0) is 0 Å². The summed E-state index contributed by atoms with van der Waals surface area (Å²) < 4.78 is 0. The van der Waals surface area contributed by atoms with Crippen molar-refractivity contribution in [1.29, 1.82) is 0 Å². The second-order valence-corrected chi connectivity index (χ2v) is 9.90. The summed E-state index contributed by atoms with van der Waals surface area (Å²) in [5.74, 6) is -2.06. The molecule has 0 aliphatic rings. The minimum atomic E-state index is -0.802. The first-order chi connectivity index (χ1) is 24.0. The first-order valence-electron chi connectivity index (χ1n) is 13.5. The fourth-order valence-corrected chi connectivity index (χ4v) is 1.91. The molecule has 14 N–H and O–H groups in total. The number of aliphatic hydroxyl groups is 2. The van der Waals surface area contributed by atoms with E-state index in [0.29, 0.717) is 17.3 Å². The topological polar surface area (TPSA) is 448 Å². The van der Waals surface area contributed by atoms with Crippen molar-refractivity contribution in [3.8, 4) is 0 Å². The van der Waals surface area contributed by atoms with Crippen molar-refractivity contribution in [3.05, 3.63) is 94.4 Å². The normalized spacial score (nSPS) is 10.8. The van der Waals surface area contributed by atoms with Crippen molar-refractivity contribution < 1.29 is 39.9 Å². The van der Waals surface area contributed by atoms with Gasteiger partial charge in [0, 0.05) is 17.3 Å². The van der Waals surface area contributed by atoms with Gasteiger partial charge in [-0.25, -0.2) is 43.2 Å². The van der Waals surface area contributed by atoms with E-state index in [9.17, 15) is 57.5 Å². The fraction of sp³-hybridized carbons (Fsp3) is 0.478. The van der Waals surface area contributed by atoms with Crippen LogP contribution in [-0.4, -0.2) is 119 Å². The number of aromatic nitrogens is 9. The molecular weight excluding hydrogens is 770 g/mol. The first kappa shape index (κ1) is 53.4. The molecule has 0 aliphatic carbocycles. The minimum absolute atomic E-state index is 0.125. The number of aliphatic hydroxyl groups excluding tert-OH is 2. The van der Waals surface area contributed by atoms with Crippen molar-refractivity contribution in [2.45, 2.75) is 20.8 Å². The molecule has 0 saturated heterocycles. The quantitative estimate of drug-likeness (QED) is 0.0988. The zero-order valence-electron chi connectivity index (χ0n) is 27.2. The number of thiol groups is 3. The summed E-state index contributed by atoms with van der Waals surface area (Å²) in [6.07, 6.45) is 0. The summed E-state index contributed by atoms with van der Waals surface area (Å²) in [7, 11) is 0. The van der Waals surface area contributed by atoms with E-state index in [1.807, 2.05) is 0 Å². The lowest BCUT2D eigenvalue weighted by Crippen LogP contribution is -2.34. The molecule has 0 aliphatic heterocycles. The largest absolute Gasteiger partial charge is 0.481 e. The maximum absolute atomic E-state index is 10.2. The van der Waals surface area contributed by atoms with E-state index in [2.05, 4.69) is 37.9 Å². The van der Waals surface area contributed by atoms with Crippen molar-refractivity contribution in [3.63, 3.8) is 0 Å². The molecule has 3 aromatic rings. The van der Waals surface area contributed by atoms with Crippen LogP contribution in [0.4, 0.5) is 0 Å². The van der Waals surface area contributed by atoms with Crippen molar-refractivity contribution in [1.82, 2.24) is 44.9 Å². The molecule has 296 valence electrons. The van der Waals surface area contributed by atoms with Crippen LogP contribution in [0.5, 0.6) is 0 Å².